The number of benzene rings is 1. The maximum Gasteiger partial charge on any atom is 0.161 e. The van der Waals surface area contributed by atoms with Crippen molar-refractivity contribution < 1.29 is 9.47 Å². The molecule has 0 saturated heterocycles. The summed E-state index contributed by atoms with van der Waals surface area (Å²) in [6.45, 7) is 0. The van der Waals surface area contributed by atoms with Crippen molar-refractivity contribution in [2.24, 2.45) is 0 Å². The molecule has 0 saturated carbocycles. The molecular weight excluding hydrogens is 250 g/mol. The average molecular weight is 266 g/mol. The fourth-order valence-corrected chi connectivity index (χ4v) is 2.08. The van der Waals surface area contributed by atoms with E-state index in [0.29, 0.717) is 5.88 Å². The number of halogens is 1. The fraction of sp³-hybridized carbons (Fsp3) is 0.286. The molecule has 2 rings (SSSR count). The van der Waals surface area contributed by atoms with Gasteiger partial charge in [0.15, 0.2) is 11.5 Å². The second kappa shape index (κ2) is 5.83. The molecule has 0 spiro atoms. The van der Waals surface area contributed by atoms with Crippen LogP contribution < -0.4 is 14.8 Å². The van der Waals surface area contributed by atoms with Crippen LogP contribution in [0.15, 0.2) is 42.1 Å². The van der Waals surface area contributed by atoms with Gasteiger partial charge in [-0.05, 0) is 35.5 Å². The summed E-state index contributed by atoms with van der Waals surface area (Å²) in [6, 6.07) is 6.00. The van der Waals surface area contributed by atoms with Gasteiger partial charge in [-0.15, -0.1) is 11.6 Å². The predicted octanol–water partition coefficient (Wildman–Crippen LogP) is 3.03. The summed E-state index contributed by atoms with van der Waals surface area (Å²) in [4.78, 5) is 0. The summed E-state index contributed by atoms with van der Waals surface area (Å²) in [7, 11) is 3.26. The lowest BCUT2D eigenvalue weighted by molar-refractivity contribution is 0.354. The van der Waals surface area contributed by atoms with E-state index in [1.807, 2.05) is 30.5 Å². The van der Waals surface area contributed by atoms with Crippen LogP contribution in [0, 0.1) is 0 Å². The number of hydrogen-bond donors (Lipinski definition) is 1. The molecule has 0 aliphatic carbocycles. The van der Waals surface area contributed by atoms with Crippen LogP contribution in [0.4, 0.5) is 0 Å². The molecule has 0 bridgehead atoms. The molecule has 0 amide bonds. The average Bonchev–Trinajstić information content (AvgIpc) is 2.46. The molecule has 4 heteroatoms. The van der Waals surface area contributed by atoms with Gasteiger partial charge in [-0.3, -0.25) is 0 Å². The minimum Gasteiger partial charge on any atom is -0.493 e. The van der Waals surface area contributed by atoms with E-state index < -0.39 is 0 Å². The molecule has 1 atom stereocenters. The van der Waals surface area contributed by atoms with E-state index in [9.17, 15) is 0 Å². The number of hydrogen-bond acceptors (Lipinski definition) is 3. The van der Waals surface area contributed by atoms with Crippen LogP contribution in [0.3, 0.4) is 0 Å². The summed E-state index contributed by atoms with van der Waals surface area (Å²) in [5.41, 5.74) is 2.22. The van der Waals surface area contributed by atoms with Gasteiger partial charge in [0.2, 0.25) is 0 Å². The zero-order valence-electron chi connectivity index (χ0n) is 10.4. The zero-order valence-corrected chi connectivity index (χ0v) is 11.2. The number of nitrogens with one attached hydrogen (secondary N) is 1. The van der Waals surface area contributed by atoms with E-state index in [1.54, 1.807) is 14.2 Å². The SMILES string of the molecule is COc1ccc(C2C=C(CCl)C=CN2)cc1OC. The van der Waals surface area contributed by atoms with Crippen LogP contribution in [0.2, 0.25) is 0 Å². The van der Waals surface area contributed by atoms with E-state index in [4.69, 9.17) is 21.1 Å². The Kier molecular flexibility index (Phi) is 4.15. The quantitative estimate of drug-likeness (QED) is 0.849. The number of dihydropyridines is 1. The van der Waals surface area contributed by atoms with Gasteiger partial charge in [0, 0.05) is 5.88 Å². The van der Waals surface area contributed by atoms with Crippen molar-refractivity contribution in [3.63, 3.8) is 0 Å². The third kappa shape index (κ3) is 2.62. The maximum atomic E-state index is 5.85. The highest BCUT2D eigenvalue weighted by atomic mass is 35.5. The number of ether oxygens (including phenoxy) is 2. The molecule has 3 nitrogen and oxygen atoms in total. The smallest absolute Gasteiger partial charge is 0.161 e. The second-order valence-corrected chi connectivity index (χ2v) is 4.23. The fourth-order valence-electron chi connectivity index (χ4n) is 1.90. The van der Waals surface area contributed by atoms with Crippen molar-refractivity contribution in [1.29, 1.82) is 0 Å². The molecular formula is C14H16ClNO2. The van der Waals surface area contributed by atoms with E-state index in [1.165, 1.54) is 0 Å². The third-order valence-corrected chi connectivity index (χ3v) is 3.18. The summed E-state index contributed by atoms with van der Waals surface area (Å²) in [6.07, 6.45) is 6.00. The standard InChI is InChI=1S/C14H16ClNO2/c1-17-13-4-3-11(8-14(13)18-2)12-7-10(9-15)5-6-16-12/h3-8,12,16H,9H2,1-2H3. The van der Waals surface area contributed by atoms with Crippen LogP contribution in [-0.4, -0.2) is 20.1 Å². The van der Waals surface area contributed by atoms with Crippen LogP contribution in [0.1, 0.15) is 11.6 Å². The largest absolute Gasteiger partial charge is 0.493 e. The molecule has 96 valence electrons. The topological polar surface area (TPSA) is 30.5 Å². The van der Waals surface area contributed by atoms with Gasteiger partial charge in [0.05, 0.1) is 20.3 Å². The van der Waals surface area contributed by atoms with Gasteiger partial charge in [0.25, 0.3) is 0 Å². The Morgan fingerprint density at radius 1 is 1.22 bits per heavy atom. The van der Waals surface area contributed by atoms with Crippen LogP contribution >= 0.6 is 11.6 Å². The molecule has 1 heterocycles. The van der Waals surface area contributed by atoms with Crippen LogP contribution in [-0.2, 0) is 0 Å². The van der Waals surface area contributed by atoms with E-state index in [2.05, 4.69) is 11.4 Å². The molecule has 1 aromatic carbocycles. The molecule has 0 aromatic heterocycles. The van der Waals surface area contributed by atoms with Crippen molar-refractivity contribution in [3.05, 3.63) is 47.7 Å². The van der Waals surface area contributed by atoms with E-state index in [0.717, 1.165) is 22.6 Å². The van der Waals surface area contributed by atoms with E-state index in [-0.39, 0.29) is 6.04 Å². The highest BCUT2D eigenvalue weighted by Gasteiger charge is 2.13. The molecule has 1 N–H and O–H groups in total. The Morgan fingerprint density at radius 3 is 2.67 bits per heavy atom. The lowest BCUT2D eigenvalue weighted by Crippen LogP contribution is -2.17. The lowest BCUT2D eigenvalue weighted by atomic mass is 10.0. The van der Waals surface area contributed by atoms with Gasteiger partial charge in [-0.2, -0.15) is 0 Å². The highest BCUT2D eigenvalue weighted by molar-refractivity contribution is 6.19. The zero-order chi connectivity index (χ0) is 13.0. The number of rotatable bonds is 4. The minimum absolute atomic E-state index is 0.114. The van der Waals surface area contributed by atoms with Crippen LogP contribution in [0.5, 0.6) is 11.5 Å². The number of methoxy groups -OCH3 is 2. The summed E-state index contributed by atoms with van der Waals surface area (Å²) >= 11 is 5.85. The molecule has 18 heavy (non-hydrogen) atoms. The second-order valence-electron chi connectivity index (χ2n) is 3.97. The molecule has 1 aliphatic rings. The van der Waals surface area contributed by atoms with Gasteiger partial charge in [-0.1, -0.05) is 12.1 Å². The van der Waals surface area contributed by atoms with Crippen molar-refractivity contribution in [2.45, 2.75) is 6.04 Å². The van der Waals surface area contributed by atoms with Crippen molar-refractivity contribution in [3.8, 4) is 11.5 Å². The molecule has 1 aromatic rings. The third-order valence-electron chi connectivity index (χ3n) is 2.87. The summed E-state index contributed by atoms with van der Waals surface area (Å²) in [5.74, 6) is 1.98. The Labute approximate surface area is 112 Å². The van der Waals surface area contributed by atoms with E-state index >= 15 is 0 Å². The first kappa shape index (κ1) is 12.8. The normalized spacial score (nSPS) is 17.9. The highest BCUT2D eigenvalue weighted by Crippen LogP contribution is 2.31. The first-order valence-electron chi connectivity index (χ1n) is 5.69. The molecule has 0 radical (unpaired) electrons. The number of allylic oxidation sites excluding steroid dienone is 2. The first-order chi connectivity index (χ1) is 8.78. The van der Waals surface area contributed by atoms with Gasteiger partial charge >= 0.3 is 0 Å². The van der Waals surface area contributed by atoms with Crippen molar-refractivity contribution in [1.82, 2.24) is 5.32 Å². The first-order valence-corrected chi connectivity index (χ1v) is 6.23. The van der Waals surface area contributed by atoms with Gasteiger partial charge < -0.3 is 14.8 Å². The van der Waals surface area contributed by atoms with Crippen molar-refractivity contribution >= 4 is 11.6 Å². The maximum absolute atomic E-state index is 5.85. The number of alkyl halides is 1. The summed E-state index contributed by atoms with van der Waals surface area (Å²) < 4.78 is 10.5. The molecule has 0 fully saturated rings. The lowest BCUT2D eigenvalue weighted by Gasteiger charge is -2.20. The Morgan fingerprint density at radius 2 is 2.00 bits per heavy atom. The molecule has 1 unspecified atom stereocenters. The van der Waals surface area contributed by atoms with Crippen LogP contribution in [0.25, 0.3) is 0 Å². The van der Waals surface area contributed by atoms with Gasteiger partial charge in [-0.25, -0.2) is 0 Å². The van der Waals surface area contributed by atoms with Gasteiger partial charge in [0.1, 0.15) is 0 Å². The molecule has 1 aliphatic heterocycles. The Hall–Kier alpha value is -1.61. The predicted molar refractivity (Wildman–Crippen MR) is 73.4 cm³/mol. The van der Waals surface area contributed by atoms with Crippen molar-refractivity contribution in [2.75, 3.05) is 20.1 Å². The Bertz CT molecular complexity index is 483. The minimum atomic E-state index is 0.114. The Balaban J connectivity index is 2.29. The monoisotopic (exact) mass is 265 g/mol. The summed E-state index contributed by atoms with van der Waals surface area (Å²) in [5, 5.41) is 3.28.